The van der Waals surface area contributed by atoms with Crippen molar-refractivity contribution in [2.75, 3.05) is 21.3 Å². The lowest BCUT2D eigenvalue weighted by Crippen LogP contribution is -2.27. The van der Waals surface area contributed by atoms with Gasteiger partial charge in [0.1, 0.15) is 5.75 Å². The van der Waals surface area contributed by atoms with E-state index in [-0.39, 0.29) is 0 Å². The molecule has 0 saturated carbocycles. The van der Waals surface area contributed by atoms with Gasteiger partial charge in [0.25, 0.3) is 5.52 Å². The molecule has 0 saturated heterocycles. The summed E-state index contributed by atoms with van der Waals surface area (Å²) in [6.45, 7) is 0. The van der Waals surface area contributed by atoms with Gasteiger partial charge in [-0.25, -0.2) is 0 Å². The van der Waals surface area contributed by atoms with Crippen molar-refractivity contribution in [3.8, 4) is 17.2 Å². The summed E-state index contributed by atoms with van der Waals surface area (Å²) in [4.78, 5) is 0. The van der Waals surface area contributed by atoms with Crippen LogP contribution in [0.5, 0.6) is 17.2 Å². The normalized spacial score (nSPS) is 10.3. The zero-order valence-electron chi connectivity index (χ0n) is 9.89. The number of fused-ring (bicyclic) bond motifs is 1. The van der Waals surface area contributed by atoms with Crippen molar-refractivity contribution in [2.24, 2.45) is 0 Å². The zero-order valence-corrected chi connectivity index (χ0v) is 9.89. The number of pyridine rings is 1. The fourth-order valence-corrected chi connectivity index (χ4v) is 1.70. The van der Waals surface area contributed by atoms with Crippen LogP contribution in [-0.4, -0.2) is 21.3 Å². The number of nitrogens with zero attached hydrogens (tertiary/aromatic N) is 1. The lowest BCUT2D eigenvalue weighted by atomic mass is 10.2. The first-order valence-electron chi connectivity index (χ1n) is 5.02. The van der Waals surface area contributed by atoms with E-state index >= 15 is 0 Å². The Morgan fingerprint density at radius 2 is 1.59 bits per heavy atom. The van der Waals surface area contributed by atoms with Crippen LogP contribution in [0.3, 0.4) is 0 Å². The van der Waals surface area contributed by atoms with Crippen molar-refractivity contribution in [1.82, 2.24) is 0 Å². The maximum absolute atomic E-state index is 11.9. The molecular formula is C12H13NO4. The minimum Gasteiger partial charge on any atom is -0.618 e. The van der Waals surface area contributed by atoms with E-state index in [1.165, 1.54) is 20.4 Å². The molecule has 0 unspecified atom stereocenters. The molecule has 0 aliphatic carbocycles. The lowest BCUT2D eigenvalue weighted by molar-refractivity contribution is -0.577. The molecule has 0 aliphatic rings. The van der Waals surface area contributed by atoms with Crippen LogP contribution in [0.25, 0.3) is 10.9 Å². The van der Waals surface area contributed by atoms with Crippen molar-refractivity contribution >= 4 is 10.9 Å². The molecule has 0 atom stereocenters. The molecule has 0 fully saturated rings. The van der Waals surface area contributed by atoms with Crippen LogP contribution in [0.1, 0.15) is 0 Å². The Kier molecular flexibility index (Phi) is 2.91. The molecule has 0 amide bonds. The first kappa shape index (κ1) is 11.3. The number of aromatic nitrogens is 1. The Bertz CT molecular complexity index is 548. The standard InChI is InChI=1S/C12H13NO4/c1-15-9-4-8-5-10(16-2)7-13(14)12(8)11(6-9)17-3/h4-7H,1-3H3. The molecule has 0 radical (unpaired) electrons. The number of methoxy groups -OCH3 is 3. The molecule has 1 aromatic heterocycles. The summed E-state index contributed by atoms with van der Waals surface area (Å²) < 4.78 is 16.1. The summed E-state index contributed by atoms with van der Waals surface area (Å²) in [6, 6.07) is 5.19. The third-order valence-electron chi connectivity index (χ3n) is 2.53. The average Bonchev–Trinajstić information content (AvgIpc) is 2.36. The van der Waals surface area contributed by atoms with Crippen molar-refractivity contribution in [1.29, 1.82) is 0 Å². The predicted molar refractivity (Wildman–Crippen MR) is 62.6 cm³/mol. The van der Waals surface area contributed by atoms with Gasteiger partial charge in [-0.1, -0.05) is 0 Å². The van der Waals surface area contributed by atoms with E-state index in [0.29, 0.717) is 28.2 Å². The summed E-state index contributed by atoms with van der Waals surface area (Å²) in [7, 11) is 4.59. The molecule has 90 valence electrons. The highest BCUT2D eigenvalue weighted by Crippen LogP contribution is 2.30. The Balaban J connectivity index is 2.79. The van der Waals surface area contributed by atoms with E-state index < -0.39 is 0 Å². The summed E-state index contributed by atoms with van der Waals surface area (Å²) >= 11 is 0. The van der Waals surface area contributed by atoms with Crippen LogP contribution < -0.4 is 18.9 Å². The Morgan fingerprint density at radius 1 is 0.941 bits per heavy atom. The van der Waals surface area contributed by atoms with E-state index in [0.717, 1.165) is 4.73 Å². The van der Waals surface area contributed by atoms with Crippen LogP contribution in [0.2, 0.25) is 0 Å². The minimum atomic E-state index is 0.453. The van der Waals surface area contributed by atoms with Gasteiger partial charge in [0.15, 0.2) is 11.5 Å². The smallest absolute Gasteiger partial charge is 0.266 e. The maximum Gasteiger partial charge on any atom is 0.266 e. The number of hydrogen-bond donors (Lipinski definition) is 0. The molecule has 1 heterocycles. The molecular weight excluding hydrogens is 222 g/mol. The van der Waals surface area contributed by atoms with Gasteiger partial charge in [-0.05, 0) is 6.07 Å². The molecule has 0 aliphatic heterocycles. The van der Waals surface area contributed by atoms with Crippen LogP contribution >= 0.6 is 0 Å². The first-order valence-corrected chi connectivity index (χ1v) is 5.02. The highest BCUT2D eigenvalue weighted by molar-refractivity contribution is 5.84. The van der Waals surface area contributed by atoms with Crippen molar-refractivity contribution < 1.29 is 18.9 Å². The predicted octanol–water partition coefficient (Wildman–Crippen LogP) is 1.50. The Hall–Kier alpha value is -2.17. The fraction of sp³-hybridized carbons (Fsp3) is 0.250. The van der Waals surface area contributed by atoms with Gasteiger partial charge < -0.3 is 19.4 Å². The average molecular weight is 235 g/mol. The first-order chi connectivity index (χ1) is 8.19. The van der Waals surface area contributed by atoms with E-state index in [1.54, 1.807) is 25.3 Å². The number of rotatable bonds is 3. The zero-order chi connectivity index (χ0) is 12.4. The van der Waals surface area contributed by atoms with E-state index in [4.69, 9.17) is 14.2 Å². The summed E-state index contributed by atoms with van der Waals surface area (Å²) in [5.41, 5.74) is 0.453. The van der Waals surface area contributed by atoms with E-state index in [9.17, 15) is 5.21 Å². The summed E-state index contributed by atoms with van der Waals surface area (Å²) in [6.07, 6.45) is 1.36. The molecule has 0 N–H and O–H groups in total. The molecule has 2 aromatic rings. The van der Waals surface area contributed by atoms with E-state index in [1.807, 2.05) is 0 Å². The van der Waals surface area contributed by atoms with Gasteiger partial charge in [0.05, 0.1) is 26.7 Å². The van der Waals surface area contributed by atoms with Gasteiger partial charge in [0, 0.05) is 12.1 Å². The molecule has 1 aromatic carbocycles. The Morgan fingerprint density at radius 3 is 2.18 bits per heavy atom. The van der Waals surface area contributed by atoms with Crippen LogP contribution in [0.15, 0.2) is 24.4 Å². The van der Waals surface area contributed by atoms with Crippen LogP contribution in [-0.2, 0) is 0 Å². The molecule has 5 heteroatoms. The van der Waals surface area contributed by atoms with Crippen LogP contribution in [0, 0.1) is 5.21 Å². The third kappa shape index (κ3) is 1.91. The second-order valence-corrected chi connectivity index (χ2v) is 3.47. The van der Waals surface area contributed by atoms with Gasteiger partial charge in [-0.15, -0.1) is 0 Å². The summed E-state index contributed by atoms with van der Waals surface area (Å²) in [5.74, 6) is 1.59. The topological polar surface area (TPSA) is 54.6 Å². The molecule has 17 heavy (non-hydrogen) atoms. The Labute approximate surface area is 98.7 Å². The molecule has 5 nitrogen and oxygen atoms in total. The third-order valence-corrected chi connectivity index (χ3v) is 2.53. The molecule has 0 spiro atoms. The molecule has 2 rings (SSSR count). The quantitative estimate of drug-likeness (QED) is 0.597. The number of ether oxygens (including phenoxy) is 3. The monoisotopic (exact) mass is 235 g/mol. The largest absolute Gasteiger partial charge is 0.618 e. The second kappa shape index (κ2) is 4.37. The minimum absolute atomic E-state index is 0.453. The van der Waals surface area contributed by atoms with Gasteiger partial charge in [-0.3, -0.25) is 0 Å². The SMILES string of the molecule is COc1cc(OC)c2c(c1)cc(OC)c[n+]2[O-]. The molecule has 0 bridgehead atoms. The fourth-order valence-electron chi connectivity index (χ4n) is 1.70. The summed E-state index contributed by atoms with van der Waals surface area (Å²) in [5, 5.41) is 12.6. The van der Waals surface area contributed by atoms with Crippen LogP contribution in [0.4, 0.5) is 0 Å². The number of hydrogen-bond acceptors (Lipinski definition) is 4. The van der Waals surface area contributed by atoms with E-state index in [2.05, 4.69) is 0 Å². The van der Waals surface area contributed by atoms with Crippen molar-refractivity contribution in [3.05, 3.63) is 29.6 Å². The maximum atomic E-state index is 11.9. The highest BCUT2D eigenvalue weighted by atomic mass is 16.5. The van der Waals surface area contributed by atoms with Crippen molar-refractivity contribution in [2.45, 2.75) is 0 Å². The van der Waals surface area contributed by atoms with Gasteiger partial charge in [0.2, 0.25) is 6.20 Å². The second-order valence-electron chi connectivity index (χ2n) is 3.47. The lowest BCUT2D eigenvalue weighted by Gasteiger charge is -2.09. The van der Waals surface area contributed by atoms with Crippen molar-refractivity contribution in [3.63, 3.8) is 0 Å². The van der Waals surface area contributed by atoms with Gasteiger partial charge >= 0.3 is 0 Å². The number of benzene rings is 1. The van der Waals surface area contributed by atoms with Gasteiger partial charge in [-0.2, -0.15) is 4.73 Å². The highest BCUT2D eigenvalue weighted by Gasteiger charge is 2.15.